The third-order valence-corrected chi connectivity index (χ3v) is 4.58. The summed E-state index contributed by atoms with van der Waals surface area (Å²) < 4.78 is 64.1. The first-order valence-electron chi connectivity index (χ1n) is 5.96. The van der Waals surface area contributed by atoms with Crippen LogP contribution in [0.1, 0.15) is 18.1 Å². The maximum absolute atomic E-state index is 12.8. The summed E-state index contributed by atoms with van der Waals surface area (Å²) in [6, 6.07) is 4.90. The molecule has 0 saturated carbocycles. The zero-order chi connectivity index (χ0) is 15.4. The lowest BCUT2D eigenvalue weighted by molar-refractivity contribution is -0.138. The van der Waals surface area contributed by atoms with E-state index in [1.807, 2.05) is 0 Å². The van der Waals surface area contributed by atoms with Crippen molar-refractivity contribution in [3.63, 3.8) is 0 Å². The number of alkyl halides is 3. The van der Waals surface area contributed by atoms with Gasteiger partial charge in [-0.1, -0.05) is 18.2 Å². The Hall–Kier alpha value is -1.12. The number of sulfonamides is 1. The molecule has 8 heteroatoms. The third-order valence-electron chi connectivity index (χ3n) is 2.81. The van der Waals surface area contributed by atoms with Crippen LogP contribution in [0, 0.1) is 0 Å². The lowest BCUT2D eigenvalue weighted by Gasteiger charge is -2.16. The van der Waals surface area contributed by atoms with Crippen LogP contribution in [0.25, 0.3) is 0 Å². The monoisotopic (exact) mass is 310 g/mol. The fourth-order valence-electron chi connectivity index (χ4n) is 1.67. The summed E-state index contributed by atoms with van der Waals surface area (Å²) in [7, 11) is -2.06. The van der Waals surface area contributed by atoms with Gasteiger partial charge in [-0.3, -0.25) is 0 Å². The number of rotatable bonds is 6. The van der Waals surface area contributed by atoms with Crippen LogP contribution < -0.4 is 10.0 Å². The molecule has 0 spiro atoms. The van der Waals surface area contributed by atoms with Crippen molar-refractivity contribution in [1.29, 1.82) is 0 Å². The maximum atomic E-state index is 12.8. The van der Waals surface area contributed by atoms with Crippen LogP contribution in [0.15, 0.2) is 24.3 Å². The SMILES string of the molecule is CNCC(C)S(=O)(=O)NCc1ccccc1C(F)(F)F. The zero-order valence-corrected chi connectivity index (χ0v) is 12.0. The molecule has 1 unspecified atom stereocenters. The van der Waals surface area contributed by atoms with Gasteiger partial charge in [0.05, 0.1) is 10.8 Å². The molecule has 4 nitrogen and oxygen atoms in total. The third kappa shape index (κ3) is 4.46. The molecular formula is C12H17F3N2O2S. The second-order valence-electron chi connectivity index (χ2n) is 4.39. The first-order chi connectivity index (χ1) is 9.18. The normalized spacial score (nSPS) is 14.2. The molecule has 1 aromatic carbocycles. The van der Waals surface area contributed by atoms with Gasteiger partial charge in [0.2, 0.25) is 10.0 Å². The van der Waals surface area contributed by atoms with Gasteiger partial charge < -0.3 is 5.32 Å². The molecular weight excluding hydrogens is 293 g/mol. The van der Waals surface area contributed by atoms with Crippen molar-refractivity contribution in [3.05, 3.63) is 35.4 Å². The van der Waals surface area contributed by atoms with E-state index in [-0.39, 0.29) is 18.7 Å². The molecule has 0 radical (unpaired) electrons. The quantitative estimate of drug-likeness (QED) is 0.841. The minimum absolute atomic E-state index is 0.0970. The summed E-state index contributed by atoms with van der Waals surface area (Å²) in [5, 5.41) is 1.98. The van der Waals surface area contributed by atoms with Crippen molar-refractivity contribution in [2.45, 2.75) is 24.9 Å². The lowest BCUT2D eigenvalue weighted by atomic mass is 10.1. The fourth-order valence-corrected chi connectivity index (χ4v) is 2.70. The van der Waals surface area contributed by atoms with Gasteiger partial charge in [0.15, 0.2) is 0 Å². The maximum Gasteiger partial charge on any atom is 0.416 e. The van der Waals surface area contributed by atoms with Crippen LogP contribution in [0.4, 0.5) is 13.2 Å². The molecule has 1 rings (SSSR count). The minimum atomic E-state index is -4.50. The predicted molar refractivity (Wildman–Crippen MR) is 70.6 cm³/mol. The van der Waals surface area contributed by atoms with Gasteiger partial charge in [0.25, 0.3) is 0 Å². The Morgan fingerprint density at radius 3 is 2.40 bits per heavy atom. The van der Waals surface area contributed by atoms with E-state index in [1.54, 1.807) is 7.05 Å². The molecule has 20 heavy (non-hydrogen) atoms. The van der Waals surface area contributed by atoms with E-state index in [4.69, 9.17) is 0 Å². The Balaban J connectivity index is 2.86. The molecule has 114 valence electrons. The summed E-state index contributed by atoms with van der Waals surface area (Å²) in [6.45, 7) is 1.32. The molecule has 0 amide bonds. The number of hydrogen-bond donors (Lipinski definition) is 2. The number of nitrogens with one attached hydrogen (secondary N) is 2. The fraction of sp³-hybridized carbons (Fsp3) is 0.500. The van der Waals surface area contributed by atoms with Gasteiger partial charge in [0.1, 0.15) is 0 Å². The Morgan fingerprint density at radius 1 is 1.25 bits per heavy atom. The van der Waals surface area contributed by atoms with E-state index in [2.05, 4.69) is 10.0 Å². The highest BCUT2D eigenvalue weighted by molar-refractivity contribution is 7.90. The van der Waals surface area contributed by atoms with Gasteiger partial charge >= 0.3 is 6.18 Å². The van der Waals surface area contributed by atoms with Gasteiger partial charge in [-0.25, -0.2) is 13.1 Å². The molecule has 1 aromatic rings. The Bertz CT molecular complexity index is 544. The van der Waals surface area contributed by atoms with E-state index in [9.17, 15) is 21.6 Å². The van der Waals surface area contributed by atoms with E-state index in [0.717, 1.165) is 6.07 Å². The van der Waals surface area contributed by atoms with E-state index in [1.165, 1.54) is 25.1 Å². The topological polar surface area (TPSA) is 58.2 Å². The van der Waals surface area contributed by atoms with Gasteiger partial charge in [-0.15, -0.1) is 0 Å². The van der Waals surface area contributed by atoms with E-state index in [0.29, 0.717) is 0 Å². The molecule has 0 bridgehead atoms. The summed E-state index contributed by atoms with van der Waals surface area (Å²) in [5.41, 5.74) is -0.927. The molecule has 1 atom stereocenters. The molecule has 0 aromatic heterocycles. The molecule has 0 heterocycles. The minimum Gasteiger partial charge on any atom is -0.318 e. The first-order valence-corrected chi connectivity index (χ1v) is 7.51. The van der Waals surface area contributed by atoms with Crippen LogP contribution in [-0.2, 0) is 22.7 Å². The second-order valence-corrected chi connectivity index (χ2v) is 6.57. The van der Waals surface area contributed by atoms with Gasteiger partial charge in [0, 0.05) is 13.1 Å². The summed E-state index contributed by atoms with van der Waals surface area (Å²) in [6.07, 6.45) is -4.50. The molecule has 0 aliphatic heterocycles. The Labute approximate surface area is 116 Å². The first kappa shape index (κ1) is 16.9. The Kier molecular flexibility index (Phi) is 5.55. The number of halogens is 3. The highest BCUT2D eigenvalue weighted by Gasteiger charge is 2.33. The van der Waals surface area contributed by atoms with Crippen LogP contribution in [0.2, 0.25) is 0 Å². The summed E-state index contributed by atoms with van der Waals surface area (Å²) in [5.74, 6) is 0. The van der Waals surface area contributed by atoms with Crippen molar-refractivity contribution in [3.8, 4) is 0 Å². The molecule has 0 aliphatic carbocycles. The van der Waals surface area contributed by atoms with Crippen LogP contribution in [0.3, 0.4) is 0 Å². The predicted octanol–water partition coefficient (Wildman–Crippen LogP) is 1.73. The van der Waals surface area contributed by atoms with Crippen LogP contribution >= 0.6 is 0 Å². The average Bonchev–Trinajstić information content (AvgIpc) is 2.36. The molecule has 0 fully saturated rings. The summed E-state index contributed by atoms with van der Waals surface area (Å²) >= 11 is 0. The molecule has 0 saturated heterocycles. The van der Waals surface area contributed by atoms with Crippen LogP contribution in [0.5, 0.6) is 0 Å². The summed E-state index contributed by atoms with van der Waals surface area (Å²) in [4.78, 5) is 0. The van der Waals surface area contributed by atoms with Gasteiger partial charge in [-0.2, -0.15) is 13.2 Å². The standard InChI is InChI=1S/C12H17F3N2O2S/c1-9(7-16-2)20(18,19)17-8-10-5-3-4-6-11(10)12(13,14)15/h3-6,9,16-17H,7-8H2,1-2H3. The number of benzene rings is 1. The van der Waals surface area contributed by atoms with Gasteiger partial charge in [-0.05, 0) is 25.6 Å². The van der Waals surface area contributed by atoms with Crippen molar-refractivity contribution < 1.29 is 21.6 Å². The van der Waals surface area contributed by atoms with Crippen molar-refractivity contribution in [2.24, 2.45) is 0 Å². The molecule has 0 aliphatic rings. The number of hydrogen-bond acceptors (Lipinski definition) is 3. The second kappa shape index (κ2) is 6.55. The van der Waals surface area contributed by atoms with E-state index >= 15 is 0 Å². The molecule has 2 N–H and O–H groups in total. The van der Waals surface area contributed by atoms with Crippen molar-refractivity contribution in [1.82, 2.24) is 10.0 Å². The highest BCUT2D eigenvalue weighted by Crippen LogP contribution is 2.31. The largest absolute Gasteiger partial charge is 0.416 e. The smallest absolute Gasteiger partial charge is 0.318 e. The van der Waals surface area contributed by atoms with Crippen molar-refractivity contribution in [2.75, 3.05) is 13.6 Å². The Morgan fingerprint density at radius 2 is 1.85 bits per heavy atom. The zero-order valence-electron chi connectivity index (χ0n) is 11.2. The van der Waals surface area contributed by atoms with Crippen molar-refractivity contribution >= 4 is 10.0 Å². The lowest BCUT2D eigenvalue weighted by Crippen LogP contribution is -2.38. The van der Waals surface area contributed by atoms with E-state index < -0.39 is 27.0 Å². The average molecular weight is 310 g/mol. The van der Waals surface area contributed by atoms with Crippen LogP contribution in [-0.4, -0.2) is 27.3 Å². The highest BCUT2D eigenvalue weighted by atomic mass is 32.2.